The van der Waals surface area contributed by atoms with Gasteiger partial charge in [0, 0.05) is 0 Å². The number of benzene rings is 1. The number of rotatable bonds is 1. The molecule has 84 valence electrons. The third-order valence-electron chi connectivity index (χ3n) is 2.10. The molecule has 0 saturated carbocycles. The lowest BCUT2D eigenvalue weighted by Gasteiger charge is -2.22. The Morgan fingerprint density at radius 2 is 1.60 bits per heavy atom. The predicted octanol–water partition coefficient (Wildman–Crippen LogP) is 3.39. The van der Waals surface area contributed by atoms with Crippen molar-refractivity contribution < 1.29 is 17.6 Å². The van der Waals surface area contributed by atoms with Crippen LogP contribution in [0.5, 0.6) is 0 Å². The van der Waals surface area contributed by atoms with E-state index in [1.807, 2.05) is 0 Å². The quantitative estimate of drug-likeness (QED) is 0.518. The van der Waals surface area contributed by atoms with Crippen LogP contribution in [0, 0.1) is 5.82 Å². The molecule has 0 aliphatic carbocycles. The van der Waals surface area contributed by atoms with Crippen molar-refractivity contribution in [3.05, 3.63) is 29.6 Å². The average molecular weight is 236 g/mol. The molecule has 1 aromatic rings. The lowest BCUT2D eigenvalue weighted by molar-refractivity contribution is -0.136. The zero-order valence-corrected chi connectivity index (χ0v) is 9.74. The summed E-state index contributed by atoms with van der Waals surface area (Å²) in [6.07, 6.45) is -4.40. The zero-order valence-electron chi connectivity index (χ0n) is 8.74. The smallest absolute Gasteiger partial charge is 0.207 e. The Morgan fingerprint density at radius 1 is 1.07 bits per heavy atom. The van der Waals surface area contributed by atoms with Crippen LogP contribution in [0.1, 0.15) is 5.56 Å². The molecule has 0 saturated heterocycles. The van der Waals surface area contributed by atoms with Crippen LogP contribution in [0.25, 0.3) is 0 Å². The van der Waals surface area contributed by atoms with Crippen molar-refractivity contribution in [2.75, 3.05) is 0 Å². The Morgan fingerprint density at radius 3 is 2.00 bits per heavy atom. The van der Waals surface area contributed by atoms with Crippen LogP contribution in [0.3, 0.4) is 0 Å². The summed E-state index contributed by atoms with van der Waals surface area (Å²) >= 11 is 0. The molecule has 0 unspecified atom stereocenters. The Hall–Kier alpha value is -0.843. The van der Waals surface area contributed by atoms with Crippen molar-refractivity contribution in [2.24, 2.45) is 0 Å². The van der Waals surface area contributed by atoms with Gasteiger partial charge >= 0.3 is 6.18 Å². The molecular formula is C10H12F4Si. The molecule has 15 heavy (non-hydrogen) atoms. The van der Waals surface area contributed by atoms with E-state index in [2.05, 4.69) is 0 Å². The van der Waals surface area contributed by atoms with Crippen molar-refractivity contribution >= 4 is 13.3 Å². The van der Waals surface area contributed by atoms with E-state index in [0.717, 1.165) is 18.2 Å². The molecule has 0 fully saturated rings. The molecule has 1 rings (SSSR count). The van der Waals surface area contributed by atoms with Gasteiger partial charge in [0.2, 0.25) is 0 Å². The summed E-state index contributed by atoms with van der Waals surface area (Å²) in [4.78, 5) is 0. The van der Waals surface area contributed by atoms with Crippen LogP contribution in [-0.2, 0) is 6.18 Å². The topological polar surface area (TPSA) is 0 Å². The monoisotopic (exact) mass is 236 g/mol. The Balaban J connectivity index is 3.41. The van der Waals surface area contributed by atoms with E-state index in [9.17, 15) is 17.6 Å². The standard InChI is InChI=1S/C10H12F4Si/c1-15(2,3)9-6-7(11)4-5-8(9)10(12,13)14/h4-6H,1-3H3. The highest BCUT2D eigenvalue weighted by Crippen LogP contribution is 2.29. The first-order valence-corrected chi connectivity index (χ1v) is 7.99. The number of halogens is 4. The lowest BCUT2D eigenvalue weighted by Crippen LogP contribution is -2.42. The maximum absolute atomic E-state index is 12.9. The van der Waals surface area contributed by atoms with Gasteiger partial charge in [-0.3, -0.25) is 0 Å². The highest BCUT2D eigenvalue weighted by atomic mass is 28.3. The lowest BCUT2D eigenvalue weighted by atomic mass is 10.2. The van der Waals surface area contributed by atoms with E-state index in [0.29, 0.717) is 0 Å². The fourth-order valence-electron chi connectivity index (χ4n) is 1.38. The molecule has 0 nitrogen and oxygen atoms in total. The van der Waals surface area contributed by atoms with Gasteiger partial charge < -0.3 is 0 Å². The van der Waals surface area contributed by atoms with Crippen molar-refractivity contribution in [2.45, 2.75) is 25.8 Å². The van der Waals surface area contributed by atoms with Gasteiger partial charge in [0.25, 0.3) is 0 Å². The van der Waals surface area contributed by atoms with Crippen LogP contribution in [0.4, 0.5) is 17.6 Å². The summed E-state index contributed by atoms with van der Waals surface area (Å²) < 4.78 is 50.8. The maximum atomic E-state index is 12.9. The van der Waals surface area contributed by atoms with Crippen LogP contribution in [0.2, 0.25) is 19.6 Å². The third kappa shape index (κ3) is 2.81. The van der Waals surface area contributed by atoms with Gasteiger partial charge in [0.1, 0.15) is 5.82 Å². The molecular weight excluding hydrogens is 224 g/mol. The van der Waals surface area contributed by atoms with Crippen LogP contribution < -0.4 is 5.19 Å². The fourth-order valence-corrected chi connectivity index (χ4v) is 2.99. The molecule has 0 radical (unpaired) electrons. The highest BCUT2D eigenvalue weighted by Gasteiger charge is 2.36. The molecule has 0 bridgehead atoms. The molecule has 0 aromatic heterocycles. The summed E-state index contributed by atoms with van der Waals surface area (Å²) in [5.41, 5.74) is -0.705. The van der Waals surface area contributed by atoms with Gasteiger partial charge in [-0.15, -0.1) is 0 Å². The molecule has 0 aliphatic heterocycles. The number of hydrogen-bond acceptors (Lipinski definition) is 0. The first-order valence-electron chi connectivity index (χ1n) is 4.49. The highest BCUT2D eigenvalue weighted by molar-refractivity contribution is 6.89. The van der Waals surface area contributed by atoms with Crippen molar-refractivity contribution in [1.82, 2.24) is 0 Å². The average Bonchev–Trinajstić information content (AvgIpc) is 2.00. The summed E-state index contributed by atoms with van der Waals surface area (Å²) in [7, 11) is -2.18. The molecule has 0 aliphatic rings. The summed E-state index contributed by atoms with van der Waals surface area (Å²) in [5.74, 6) is -0.611. The second kappa shape index (κ2) is 3.63. The van der Waals surface area contributed by atoms with Gasteiger partial charge in [-0.05, 0) is 23.4 Å². The number of hydrogen-bond donors (Lipinski definition) is 0. The van der Waals surface area contributed by atoms with Crippen molar-refractivity contribution in [3.8, 4) is 0 Å². The summed E-state index contributed by atoms with van der Waals surface area (Å²) in [6.45, 7) is 5.28. The van der Waals surface area contributed by atoms with E-state index in [1.54, 1.807) is 19.6 Å². The van der Waals surface area contributed by atoms with Gasteiger partial charge in [0.15, 0.2) is 0 Å². The first-order chi connectivity index (χ1) is 6.62. The fraction of sp³-hybridized carbons (Fsp3) is 0.400. The minimum atomic E-state index is -4.40. The Bertz CT molecular complexity index is 363. The molecule has 0 heterocycles. The van der Waals surface area contributed by atoms with Crippen molar-refractivity contribution in [1.29, 1.82) is 0 Å². The van der Waals surface area contributed by atoms with Gasteiger partial charge in [-0.2, -0.15) is 13.2 Å². The maximum Gasteiger partial charge on any atom is 0.416 e. The minimum Gasteiger partial charge on any atom is -0.207 e. The van der Waals surface area contributed by atoms with Crippen LogP contribution in [0.15, 0.2) is 18.2 Å². The zero-order chi connectivity index (χ0) is 11.9. The minimum absolute atomic E-state index is 0.120. The second-order valence-corrected chi connectivity index (χ2v) is 9.48. The number of alkyl halides is 3. The Kier molecular flexibility index (Phi) is 2.96. The largest absolute Gasteiger partial charge is 0.416 e. The SMILES string of the molecule is C[Si](C)(C)c1cc(F)ccc1C(F)(F)F. The van der Waals surface area contributed by atoms with E-state index < -0.39 is 25.6 Å². The predicted molar refractivity (Wildman–Crippen MR) is 54.4 cm³/mol. The van der Waals surface area contributed by atoms with Gasteiger partial charge in [0.05, 0.1) is 13.6 Å². The van der Waals surface area contributed by atoms with Gasteiger partial charge in [-0.25, -0.2) is 4.39 Å². The molecule has 0 amide bonds. The molecule has 1 aromatic carbocycles. The summed E-state index contributed by atoms with van der Waals surface area (Å²) in [6, 6.07) is 2.68. The molecule has 0 spiro atoms. The van der Waals surface area contributed by atoms with Crippen LogP contribution in [-0.4, -0.2) is 8.07 Å². The summed E-state index contributed by atoms with van der Waals surface area (Å²) in [5, 5.41) is 0.120. The van der Waals surface area contributed by atoms with E-state index in [1.165, 1.54) is 0 Å². The van der Waals surface area contributed by atoms with E-state index in [-0.39, 0.29) is 5.19 Å². The van der Waals surface area contributed by atoms with Crippen LogP contribution >= 0.6 is 0 Å². The third-order valence-corrected chi connectivity index (χ3v) is 4.12. The normalized spacial score (nSPS) is 13.0. The Labute approximate surface area is 86.9 Å². The second-order valence-electron chi connectivity index (χ2n) is 4.44. The van der Waals surface area contributed by atoms with Gasteiger partial charge in [-0.1, -0.05) is 19.6 Å². The first kappa shape index (κ1) is 12.2. The van der Waals surface area contributed by atoms with E-state index >= 15 is 0 Å². The molecule has 0 atom stereocenters. The van der Waals surface area contributed by atoms with E-state index in [4.69, 9.17) is 0 Å². The molecule has 0 N–H and O–H groups in total. The van der Waals surface area contributed by atoms with Crippen molar-refractivity contribution in [3.63, 3.8) is 0 Å². The molecule has 5 heteroatoms.